The lowest BCUT2D eigenvalue weighted by atomic mass is 10.2. The van der Waals surface area contributed by atoms with Crippen molar-refractivity contribution >= 4 is 17.7 Å². The van der Waals surface area contributed by atoms with Gasteiger partial charge in [0.1, 0.15) is 0 Å². The van der Waals surface area contributed by atoms with Gasteiger partial charge < -0.3 is 5.32 Å². The Morgan fingerprint density at radius 1 is 1.21 bits per heavy atom. The van der Waals surface area contributed by atoms with Gasteiger partial charge in [-0.25, -0.2) is 0 Å². The number of carbonyl (C=O) groups excluding carboxylic acids is 1. The number of anilines is 2. The molecule has 0 atom stereocenters. The molecular weight excluding hydrogens is 257 g/mol. The lowest BCUT2D eigenvalue weighted by Gasteiger charge is -2.11. The van der Waals surface area contributed by atoms with E-state index in [1.54, 1.807) is 0 Å². The number of carbonyl (C=O) groups is 1. The number of nitrogens with zero attached hydrogens (tertiary/aromatic N) is 1. The van der Waals surface area contributed by atoms with Crippen LogP contribution in [0, 0.1) is 0 Å². The number of hydrogen-bond donors (Lipinski definition) is 1. The first-order valence-corrected chi connectivity index (χ1v) is 5.34. The molecule has 0 aliphatic rings. The fourth-order valence-electron chi connectivity index (χ4n) is 1.54. The zero-order valence-electron chi connectivity index (χ0n) is 9.61. The summed E-state index contributed by atoms with van der Waals surface area (Å²) in [6.07, 6.45) is -1.03. The summed E-state index contributed by atoms with van der Waals surface area (Å²) in [6, 6.07) is 6.27. The summed E-state index contributed by atoms with van der Waals surface area (Å²) in [7, 11) is 0. The predicted octanol–water partition coefficient (Wildman–Crippen LogP) is 3.66. The van der Waals surface area contributed by atoms with Crippen molar-refractivity contribution in [2.75, 3.05) is 5.32 Å². The number of benzene rings is 1. The molecule has 0 saturated heterocycles. The molecular formula is C13H9F3N2O. The van der Waals surface area contributed by atoms with Crippen LogP contribution in [0.5, 0.6) is 0 Å². The molecule has 3 nitrogen and oxygen atoms in total. The highest BCUT2D eigenvalue weighted by Gasteiger charge is 2.30. The highest BCUT2D eigenvalue weighted by molar-refractivity contribution is 5.85. The van der Waals surface area contributed by atoms with Gasteiger partial charge in [0.2, 0.25) is 0 Å². The van der Waals surface area contributed by atoms with Gasteiger partial charge in [0, 0.05) is 18.1 Å². The van der Waals surface area contributed by atoms with Crippen LogP contribution in [-0.2, 0) is 6.18 Å². The molecule has 0 aliphatic carbocycles. The van der Waals surface area contributed by atoms with E-state index in [1.807, 2.05) is 0 Å². The monoisotopic (exact) mass is 266 g/mol. The van der Waals surface area contributed by atoms with Crippen molar-refractivity contribution in [1.29, 1.82) is 0 Å². The van der Waals surface area contributed by atoms with Gasteiger partial charge >= 0.3 is 6.18 Å². The number of hydrogen-bond acceptors (Lipinski definition) is 3. The van der Waals surface area contributed by atoms with Crippen molar-refractivity contribution in [3.05, 3.63) is 53.9 Å². The van der Waals surface area contributed by atoms with Crippen molar-refractivity contribution in [3.63, 3.8) is 0 Å². The van der Waals surface area contributed by atoms with Crippen LogP contribution < -0.4 is 5.32 Å². The molecule has 1 aromatic carbocycles. The Labute approximate surface area is 107 Å². The third kappa shape index (κ3) is 3.09. The molecule has 2 rings (SSSR count). The normalized spacial score (nSPS) is 11.1. The first-order chi connectivity index (χ1) is 9.00. The van der Waals surface area contributed by atoms with Gasteiger partial charge in [0.05, 0.1) is 16.8 Å². The number of rotatable bonds is 3. The second-order valence-corrected chi connectivity index (χ2v) is 3.78. The number of nitrogens with one attached hydrogen (secondary N) is 1. The summed E-state index contributed by atoms with van der Waals surface area (Å²) in [5.41, 5.74) is 0.188. The van der Waals surface area contributed by atoms with Crippen LogP contribution in [0.1, 0.15) is 15.9 Å². The smallest absolute Gasteiger partial charge is 0.355 e. The Balaban J connectivity index is 2.31. The summed E-state index contributed by atoms with van der Waals surface area (Å²) < 4.78 is 37.7. The molecule has 0 bridgehead atoms. The van der Waals surface area contributed by atoms with Crippen molar-refractivity contribution in [2.45, 2.75) is 6.18 Å². The second-order valence-electron chi connectivity index (χ2n) is 3.78. The SMILES string of the molecule is O=Cc1cnccc1Nc1cccc(C(F)(F)F)c1. The van der Waals surface area contributed by atoms with E-state index in [0.717, 1.165) is 12.1 Å². The maximum atomic E-state index is 12.6. The van der Waals surface area contributed by atoms with Gasteiger partial charge in [-0.1, -0.05) is 6.07 Å². The van der Waals surface area contributed by atoms with Crippen LogP contribution in [0.4, 0.5) is 24.5 Å². The number of pyridine rings is 1. The van der Waals surface area contributed by atoms with Crippen molar-refractivity contribution in [2.24, 2.45) is 0 Å². The van der Waals surface area contributed by atoms with Crippen LogP contribution in [0.15, 0.2) is 42.7 Å². The Morgan fingerprint density at radius 3 is 2.68 bits per heavy atom. The molecule has 1 heterocycles. The minimum Gasteiger partial charge on any atom is -0.355 e. The van der Waals surface area contributed by atoms with Crippen molar-refractivity contribution < 1.29 is 18.0 Å². The molecule has 0 spiro atoms. The minimum atomic E-state index is -4.40. The summed E-state index contributed by atoms with van der Waals surface area (Å²) >= 11 is 0. The topological polar surface area (TPSA) is 42.0 Å². The van der Waals surface area contributed by atoms with Gasteiger partial charge in [-0.2, -0.15) is 13.2 Å². The van der Waals surface area contributed by atoms with Crippen LogP contribution in [0.2, 0.25) is 0 Å². The predicted molar refractivity (Wildman–Crippen MR) is 64.4 cm³/mol. The first-order valence-electron chi connectivity index (χ1n) is 5.34. The third-order valence-corrected chi connectivity index (χ3v) is 2.45. The van der Waals surface area contributed by atoms with Crippen LogP contribution in [0.25, 0.3) is 0 Å². The Bertz CT molecular complexity index is 596. The lowest BCUT2D eigenvalue weighted by molar-refractivity contribution is -0.137. The molecule has 0 unspecified atom stereocenters. The van der Waals surface area contributed by atoms with Gasteiger partial charge in [-0.15, -0.1) is 0 Å². The van der Waals surface area contributed by atoms with Gasteiger partial charge in [-0.3, -0.25) is 9.78 Å². The summed E-state index contributed by atoms with van der Waals surface area (Å²) in [4.78, 5) is 14.5. The van der Waals surface area contributed by atoms with E-state index in [4.69, 9.17) is 0 Å². The van der Waals surface area contributed by atoms with Crippen molar-refractivity contribution in [3.8, 4) is 0 Å². The molecule has 1 aromatic heterocycles. The van der Waals surface area contributed by atoms with E-state index in [0.29, 0.717) is 12.0 Å². The first kappa shape index (κ1) is 13.1. The molecule has 0 fully saturated rings. The molecule has 6 heteroatoms. The van der Waals surface area contributed by atoms with Crippen molar-refractivity contribution in [1.82, 2.24) is 4.98 Å². The Morgan fingerprint density at radius 2 is 2.00 bits per heavy atom. The minimum absolute atomic E-state index is 0.254. The zero-order chi connectivity index (χ0) is 13.9. The van der Waals surface area contributed by atoms with Gasteiger partial charge in [-0.05, 0) is 24.3 Å². The van der Waals surface area contributed by atoms with E-state index in [9.17, 15) is 18.0 Å². The summed E-state index contributed by atoms with van der Waals surface area (Å²) in [5.74, 6) is 0. The Hall–Kier alpha value is -2.37. The molecule has 19 heavy (non-hydrogen) atoms. The highest BCUT2D eigenvalue weighted by Crippen LogP contribution is 2.31. The number of halogens is 3. The zero-order valence-corrected chi connectivity index (χ0v) is 9.61. The van der Waals surface area contributed by atoms with Gasteiger partial charge in [0.15, 0.2) is 6.29 Å². The average molecular weight is 266 g/mol. The van der Waals surface area contributed by atoms with E-state index < -0.39 is 11.7 Å². The van der Waals surface area contributed by atoms with Crippen LogP contribution >= 0.6 is 0 Å². The molecule has 2 aromatic rings. The van der Waals surface area contributed by atoms with Crippen LogP contribution in [-0.4, -0.2) is 11.3 Å². The Kier molecular flexibility index (Phi) is 3.50. The van der Waals surface area contributed by atoms with Gasteiger partial charge in [0.25, 0.3) is 0 Å². The number of aromatic nitrogens is 1. The lowest BCUT2D eigenvalue weighted by Crippen LogP contribution is -2.05. The molecule has 0 aliphatic heterocycles. The number of aldehydes is 1. The van der Waals surface area contributed by atoms with E-state index in [2.05, 4.69) is 10.3 Å². The standard InChI is InChI=1S/C13H9F3N2O/c14-13(15,16)10-2-1-3-11(6-10)18-12-4-5-17-7-9(12)8-19/h1-8H,(H,17,18). The number of alkyl halides is 3. The van der Waals surface area contributed by atoms with E-state index in [1.165, 1.54) is 30.6 Å². The summed E-state index contributed by atoms with van der Waals surface area (Å²) in [5, 5.41) is 2.76. The fraction of sp³-hybridized carbons (Fsp3) is 0.0769. The summed E-state index contributed by atoms with van der Waals surface area (Å²) in [6.45, 7) is 0. The average Bonchev–Trinajstić information content (AvgIpc) is 2.39. The maximum absolute atomic E-state index is 12.6. The third-order valence-electron chi connectivity index (χ3n) is 2.45. The van der Waals surface area contributed by atoms with E-state index >= 15 is 0 Å². The molecule has 1 N–H and O–H groups in total. The second kappa shape index (κ2) is 5.09. The highest BCUT2D eigenvalue weighted by atomic mass is 19.4. The molecule has 0 saturated carbocycles. The largest absolute Gasteiger partial charge is 0.416 e. The molecule has 0 amide bonds. The molecule has 98 valence electrons. The van der Waals surface area contributed by atoms with Crippen LogP contribution in [0.3, 0.4) is 0 Å². The quantitative estimate of drug-likeness (QED) is 0.862. The fourth-order valence-corrected chi connectivity index (χ4v) is 1.54. The molecule has 0 radical (unpaired) electrons. The van der Waals surface area contributed by atoms with E-state index in [-0.39, 0.29) is 11.3 Å². The maximum Gasteiger partial charge on any atom is 0.416 e.